The summed E-state index contributed by atoms with van der Waals surface area (Å²) in [4.78, 5) is 2.42. The first-order valence-electron chi connectivity index (χ1n) is 7.09. The molecule has 0 rings (SSSR count). The molecule has 0 aromatic rings. The van der Waals surface area contributed by atoms with Crippen molar-refractivity contribution < 1.29 is 5.11 Å². The van der Waals surface area contributed by atoms with Crippen LogP contribution in [0.15, 0.2) is 0 Å². The van der Waals surface area contributed by atoms with Crippen LogP contribution < -0.4 is 5.32 Å². The Hall–Kier alpha value is -0.120. The van der Waals surface area contributed by atoms with Crippen LogP contribution in [0.25, 0.3) is 0 Å². The highest BCUT2D eigenvalue weighted by atomic mass is 16.3. The standard InChI is InChI=1S/C14H32N2O/c1-6-10-15-14(4,12-17)9-11-16(5)13(7-2)8-3/h13,15,17H,6-12H2,1-5H3. The lowest BCUT2D eigenvalue weighted by molar-refractivity contribution is 0.138. The van der Waals surface area contributed by atoms with Crippen LogP contribution in [0, 0.1) is 0 Å². The fraction of sp³-hybridized carbons (Fsp3) is 1.00. The van der Waals surface area contributed by atoms with Crippen molar-refractivity contribution in [1.82, 2.24) is 10.2 Å². The second-order valence-corrected chi connectivity index (χ2v) is 5.35. The molecule has 0 saturated heterocycles. The molecule has 0 aromatic carbocycles. The maximum atomic E-state index is 9.50. The van der Waals surface area contributed by atoms with Gasteiger partial charge in [-0.05, 0) is 52.7 Å². The lowest BCUT2D eigenvalue weighted by atomic mass is 9.97. The number of aliphatic hydroxyl groups excluding tert-OH is 1. The van der Waals surface area contributed by atoms with Crippen LogP contribution in [0.4, 0.5) is 0 Å². The Morgan fingerprint density at radius 2 is 1.82 bits per heavy atom. The highest BCUT2D eigenvalue weighted by Gasteiger charge is 2.23. The summed E-state index contributed by atoms with van der Waals surface area (Å²) < 4.78 is 0. The van der Waals surface area contributed by atoms with Crippen molar-refractivity contribution in [3.8, 4) is 0 Å². The van der Waals surface area contributed by atoms with Crippen LogP contribution >= 0.6 is 0 Å². The predicted molar refractivity (Wildman–Crippen MR) is 75.4 cm³/mol. The van der Waals surface area contributed by atoms with Crippen molar-refractivity contribution in [2.24, 2.45) is 0 Å². The van der Waals surface area contributed by atoms with E-state index in [0.717, 1.165) is 25.9 Å². The minimum Gasteiger partial charge on any atom is -0.394 e. The second kappa shape index (κ2) is 8.90. The van der Waals surface area contributed by atoms with Crippen molar-refractivity contribution >= 4 is 0 Å². The van der Waals surface area contributed by atoms with E-state index in [0.29, 0.717) is 6.04 Å². The maximum Gasteiger partial charge on any atom is 0.0611 e. The van der Waals surface area contributed by atoms with E-state index >= 15 is 0 Å². The first kappa shape index (κ1) is 16.9. The Bertz CT molecular complexity index is 183. The first-order chi connectivity index (χ1) is 8.02. The van der Waals surface area contributed by atoms with E-state index in [1.807, 2.05) is 0 Å². The Morgan fingerprint density at radius 1 is 1.24 bits per heavy atom. The molecular weight excluding hydrogens is 212 g/mol. The third kappa shape index (κ3) is 6.39. The monoisotopic (exact) mass is 244 g/mol. The van der Waals surface area contributed by atoms with E-state index in [2.05, 4.69) is 45.0 Å². The number of nitrogens with one attached hydrogen (secondary N) is 1. The molecule has 1 unspecified atom stereocenters. The summed E-state index contributed by atoms with van der Waals surface area (Å²) in [5, 5.41) is 12.9. The van der Waals surface area contributed by atoms with Crippen LogP contribution in [0.2, 0.25) is 0 Å². The number of hydrogen-bond acceptors (Lipinski definition) is 3. The fourth-order valence-corrected chi connectivity index (χ4v) is 2.17. The average Bonchev–Trinajstić information content (AvgIpc) is 2.35. The van der Waals surface area contributed by atoms with Gasteiger partial charge in [-0.15, -0.1) is 0 Å². The lowest BCUT2D eigenvalue weighted by Crippen LogP contribution is -2.48. The summed E-state index contributed by atoms with van der Waals surface area (Å²) in [6, 6.07) is 0.670. The molecule has 0 heterocycles. The third-order valence-corrected chi connectivity index (χ3v) is 3.73. The van der Waals surface area contributed by atoms with Gasteiger partial charge in [0.25, 0.3) is 0 Å². The molecule has 0 saturated carbocycles. The number of aliphatic hydroxyl groups is 1. The van der Waals surface area contributed by atoms with Crippen molar-refractivity contribution in [2.75, 3.05) is 26.7 Å². The molecule has 0 fully saturated rings. The second-order valence-electron chi connectivity index (χ2n) is 5.35. The minimum atomic E-state index is -0.129. The van der Waals surface area contributed by atoms with E-state index in [4.69, 9.17) is 0 Å². The van der Waals surface area contributed by atoms with Crippen LogP contribution in [0.1, 0.15) is 53.4 Å². The Kier molecular flexibility index (Phi) is 8.83. The van der Waals surface area contributed by atoms with Crippen molar-refractivity contribution in [3.63, 3.8) is 0 Å². The molecule has 0 bridgehead atoms. The van der Waals surface area contributed by atoms with Gasteiger partial charge in [-0.25, -0.2) is 0 Å². The zero-order valence-electron chi connectivity index (χ0n) is 12.4. The Morgan fingerprint density at radius 3 is 2.24 bits per heavy atom. The third-order valence-electron chi connectivity index (χ3n) is 3.73. The van der Waals surface area contributed by atoms with Crippen molar-refractivity contribution in [2.45, 2.75) is 65.0 Å². The summed E-state index contributed by atoms with van der Waals surface area (Å²) in [5.74, 6) is 0. The summed E-state index contributed by atoms with van der Waals surface area (Å²) in [5.41, 5.74) is -0.129. The molecule has 0 amide bonds. The van der Waals surface area contributed by atoms with E-state index in [1.54, 1.807) is 0 Å². The molecule has 3 nitrogen and oxygen atoms in total. The van der Waals surface area contributed by atoms with Gasteiger partial charge in [0.2, 0.25) is 0 Å². The summed E-state index contributed by atoms with van der Waals surface area (Å²) in [7, 11) is 2.19. The molecule has 2 N–H and O–H groups in total. The summed E-state index contributed by atoms with van der Waals surface area (Å²) in [6.07, 6.45) is 4.50. The SMILES string of the molecule is CCCNC(C)(CO)CCN(C)C(CC)CC. The molecule has 0 aliphatic heterocycles. The number of nitrogens with zero attached hydrogens (tertiary/aromatic N) is 1. The molecule has 17 heavy (non-hydrogen) atoms. The maximum absolute atomic E-state index is 9.50. The molecule has 0 radical (unpaired) electrons. The van der Waals surface area contributed by atoms with Gasteiger partial charge in [0.1, 0.15) is 0 Å². The molecule has 3 heteroatoms. The van der Waals surface area contributed by atoms with Crippen LogP contribution in [0.5, 0.6) is 0 Å². The van der Waals surface area contributed by atoms with Crippen LogP contribution in [-0.4, -0.2) is 48.3 Å². The van der Waals surface area contributed by atoms with Gasteiger partial charge in [0, 0.05) is 11.6 Å². The van der Waals surface area contributed by atoms with Gasteiger partial charge < -0.3 is 15.3 Å². The number of hydrogen-bond donors (Lipinski definition) is 2. The normalized spacial score (nSPS) is 15.5. The van der Waals surface area contributed by atoms with Gasteiger partial charge >= 0.3 is 0 Å². The largest absolute Gasteiger partial charge is 0.394 e. The minimum absolute atomic E-state index is 0.129. The fourth-order valence-electron chi connectivity index (χ4n) is 2.17. The summed E-state index contributed by atoms with van der Waals surface area (Å²) in [6.45, 7) is 11.0. The van der Waals surface area contributed by atoms with Gasteiger partial charge in [-0.3, -0.25) is 0 Å². The van der Waals surface area contributed by atoms with Gasteiger partial charge in [-0.1, -0.05) is 20.8 Å². The highest BCUT2D eigenvalue weighted by molar-refractivity contribution is 4.83. The van der Waals surface area contributed by atoms with Gasteiger partial charge in [0.05, 0.1) is 6.61 Å². The van der Waals surface area contributed by atoms with E-state index in [-0.39, 0.29) is 12.1 Å². The van der Waals surface area contributed by atoms with E-state index < -0.39 is 0 Å². The molecular formula is C14H32N2O. The van der Waals surface area contributed by atoms with Gasteiger partial charge in [0.15, 0.2) is 0 Å². The Labute approximate surface area is 108 Å². The zero-order chi connectivity index (χ0) is 13.3. The number of rotatable bonds is 10. The topological polar surface area (TPSA) is 35.5 Å². The zero-order valence-corrected chi connectivity index (χ0v) is 12.4. The first-order valence-corrected chi connectivity index (χ1v) is 7.09. The predicted octanol–water partition coefficient (Wildman–Crippen LogP) is 2.25. The molecule has 0 aliphatic rings. The van der Waals surface area contributed by atoms with Crippen molar-refractivity contribution in [3.05, 3.63) is 0 Å². The molecule has 1 atom stereocenters. The van der Waals surface area contributed by atoms with Crippen LogP contribution in [0.3, 0.4) is 0 Å². The van der Waals surface area contributed by atoms with E-state index in [9.17, 15) is 5.11 Å². The Balaban J connectivity index is 4.12. The lowest BCUT2D eigenvalue weighted by Gasteiger charge is -2.33. The van der Waals surface area contributed by atoms with Crippen molar-refractivity contribution in [1.29, 1.82) is 0 Å². The molecule has 0 aromatic heterocycles. The molecule has 0 aliphatic carbocycles. The molecule has 0 spiro atoms. The van der Waals surface area contributed by atoms with E-state index in [1.165, 1.54) is 12.8 Å². The highest BCUT2D eigenvalue weighted by Crippen LogP contribution is 2.13. The van der Waals surface area contributed by atoms with Gasteiger partial charge in [-0.2, -0.15) is 0 Å². The summed E-state index contributed by atoms with van der Waals surface area (Å²) >= 11 is 0. The quantitative estimate of drug-likeness (QED) is 0.619. The smallest absolute Gasteiger partial charge is 0.0611 e. The van der Waals surface area contributed by atoms with Crippen LogP contribution in [-0.2, 0) is 0 Å². The molecule has 104 valence electrons. The average molecular weight is 244 g/mol.